The second kappa shape index (κ2) is 19.0. The predicted octanol–water partition coefficient (Wildman–Crippen LogP) is 7.79. The molecular weight excluding hydrogens is 580 g/mol. The third kappa shape index (κ3) is 10.4. The van der Waals surface area contributed by atoms with Crippen molar-refractivity contribution in [3.63, 3.8) is 0 Å². The molecule has 4 aliphatic carbocycles. The summed E-state index contributed by atoms with van der Waals surface area (Å²) >= 11 is 0. The van der Waals surface area contributed by atoms with Gasteiger partial charge in [0.05, 0.1) is 12.1 Å². The smallest absolute Gasteiger partial charge is 0.149 e. The molecule has 0 aromatic heterocycles. The fourth-order valence-corrected chi connectivity index (χ4v) is 10.9. The van der Waals surface area contributed by atoms with Crippen LogP contribution >= 0.6 is 0 Å². The highest BCUT2D eigenvalue weighted by atomic mass is 16.5. The van der Waals surface area contributed by atoms with Crippen molar-refractivity contribution in [1.82, 2.24) is 10.6 Å². The molecular formula is C41H76N4O2. The van der Waals surface area contributed by atoms with Crippen LogP contribution in [0.15, 0.2) is 11.6 Å². The van der Waals surface area contributed by atoms with E-state index in [-0.39, 0.29) is 11.8 Å². The SMILES string of the molecule is CC(C)CCC[C@@H](C)[C@H]1CCC2C3CC=C4C[C@@H](OCCCC(=O)C(N)CCNCCCCNCCCN)CC[C@]4(C)C3CC[C@@]21C. The zero-order valence-corrected chi connectivity index (χ0v) is 31.4. The van der Waals surface area contributed by atoms with Crippen LogP contribution in [0.5, 0.6) is 0 Å². The van der Waals surface area contributed by atoms with Crippen LogP contribution in [-0.4, -0.2) is 57.3 Å². The number of hydrogen-bond donors (Lipinski definition) is 4. The van der Waals surface area contributed by atoms with Gasteiger partial charge in [0.15, 0.2) is 0 Å². The van der Waals surface area contributed by atoms with E-state index in [2.05, 4.69) is 51.3 Å². The van der Waals surface area contributed by atoms with Gasteiger partial charge in [-0.1, -0.05) is 65.5 Å². The van der Waals surface area contributed by atoms with Gasteiger partial charge in [0.2, 0.25) is 0 Å². The molecule has 0 saturated heterocycles. The Labute approximate surface area is 290 Å². The average Bonchev–Trinajstić information content (AvgIpc) is 3.41. The first-order chi connectivity index (χ1) is 22.6. The predicted molar refractivity (Wildman–Crippen MR) is 198 cm³/mol. The Balaban J connectivity index is 1.13. The number of carbonyl (C=O) groups excluding carboxylic acids is 1. The number of Topliss-reactive ketones (excluding diaryl/α,β-unsaturated/α-hetero) is 1. The highest BCUT2D eigenvalue weighted by Crippen LogP contribution is 2.67. The molecule has 0 aromatic carbocycles. The van der Waals surface area contributed by atoms with Gasteiger partial charge in [-0.2, -0.15) is 0 Å². The maximum Gasteiger partial charge on any atom is 0.149 e. The Morgan fingerprint density at radius 3 is 2.38 bits per heavy atom. The van der Waals surface area contributed by atoms with Gasteiger partial charge in [0.25, 0.3) is 0 Å². The molecule has 6 nitrogen and oxygen atoms in total. The molecule has 6 N–H and O–H groups in total. The van der Waals surface area contributed by atoms with Gasteiger partial charge in [0.1, 0.15) is 5.78 Å². The van der Waals surface area contributed by atoms with E-state index in [1.54, 1.807) is 5.57 Å². The maximum atomic E-state index is 12.6. The first-order valence-electron chi connectivity index (χ1n) is 20.3. The molecule has 0 radical (unpaired) electrons. The summed E-state index contributed by atoms with van der Waals surface area (Å²) in [4.78, 5) is 12.6. The first kappa shape index (κ1) is 39.0. The van der Waals surface area contributed by atoms with E-state index in [0.717, 1.165) is 107 Å². The number of unbranched alkanes of at least 4 members (excludes halogenated alkanes) is 1. The summed E-state index contributed by atoms with van der Waals surface area (Å²) < 4.78 is 6.43. The molecule has 0 bridgehead atoms. The largest absolute Gasteiger partial charge is 0.378 e. The van der Waals surface area contributed by atoms with Crippen molar-refractivity contribution in [2.24, 2.45) is 57.8 Å². The van der Waals surface area contributed by atoms with Crippen molar-refractivity contribution in [2.75, 3.05) is 39.3 Å². The minimum absolute atomic E-state index is 0.181. The topological polar surface area (TPSA) is 102 Å². The molecule has 9 atom stereocenters. The van der Waals surface area contributed by atoms with Gasteiger partial charge >= 0.3 is 0 Å². The van der Waals surface area contributed by atoms with Crippen LogP contribution < -0.4 is 22.1 Å². The molecule has 0 heterocycles. The Kier molecular flexibility index (Phi) is 15.8. The van der Waals surface area contributed by atoms with E-state index in [4.69, 9.17) is 16.2 Å². The minimum Gasteiger partial charge on any atom is -0.378 e. The van der Waals surface area contributed by atoms with Crippen molar-refractivity contribution < 1.29 is 9.53 Å². The molecule has 0 aromatic rings. The highest BCUT2D eigenvalue weighted by molar-refractivity contribution is 5.83. The highest BCUT2D eigenvalue weighted by Gasteiger charge is 2.59. The van der Waals surface area contributed by atoms with Crippen LogP contribution in [0, 0.1) is 46.3 Å². The van der Waals surface area contributed by atoms with Crippen molar-refractivity contribution in [3.05, 3.63) is 11.6 Å². The summed E-state index contributed by atoms with van der Waals surface area (Å²) in [5, 5.41) is 6.86. The number of nitrogens with one attached hydrogen (secondary N) is 2. The molecule has 0 aliphatic heterocycles. The number of allylic oxidation sites excluding steroid dienone is 1. The Morgan fingerprint density at radius 2 is 1.64 bits per heavy atom. The molecule has 4 rings (SSSR count). The van der Waals surface area contributed by atoms with Crippen LogP contribution in [0.1, 0.15) is 144 Å². The van der Waals surface area contributed by atoms with E-state index in [1.165, 1.54) is 57.8 Å². The van der Waals surface area contributed by atoms with E-state index in [1.807, 2.05) is 0 Å². The molecule has 0 amide bonds. The van der Waals surface area contributed by atoms with Crippen molar-refractivity contribution in [3.8, 4) is 0 Å². The van der Waals surface area contributed by atoms with Crippen molar-refractivity contribution in [1.29, 1.82) is 0 Å². The molecule has 0 spiro atoms. The lowest BCUT2D eigenvalue weighted by Crippen LogP contribution is -2.51. The number of ketones is 1. The number of nitrogens with two attached hydrogens (primary N) is 2. The van der Waals surface area contributed by atoms with Crippen molar-refractivity contribution >= 4 is 5.78 Å². The average molecular weight is 657 g/mol. The quantitative estimate of drug-likeness (QED) is 0.0701. The van der Waals surface area contributed by atoms with Crippen LogP contribution in [0.3, 0.4) is 0 Å². The molecule has 3 saturated carbocycles. The van der Waals surface area contributed by atoms with Gasteiger partial charge in [-0.3, -0.25) is 4.79 Å². The number of carbonyl (C=O) groups is 1. The Hall–Kier alpha value is -0.790. The normalized spacial score (nSPS) is 33.2. The lowest BCUT2D eigenvalue weighted by molar-refractivity contribution is -0.121. The molecule has 47 heavy (non-hydrogen) atoms. The monoisotopic (exact) mass is 657 g/mol. The Morgan fingerprint density at radius 1 is 0.894 bits per heavy atom. The molecule has 4 unspecified atom stereocenters. The lowest BCUT2D eigenvalue weighted by Gasteiger charge is -2.58. The number of hydrogen-bond acceptors (Lipinski definition) is 6. The van der Waals surface area contributed by atoms with Gasteiger partial charge in [-0.25, -0.2) is 0 Å². The summed E-state index contributed by atoms with van der Waals surface area (Å²) in [6.07, 6.45) is 23.2. The fourth-order valence-electron chi connectivity index (χ4n) is 10.9. The molecule has 3 fully saturated rings. The minimum atomic E-state index is -0.364. The van der Waals surface area contributed by atoms with Crippen LogP contribution in [0.25, 0.3) is 0 Å². The van der Waals surface area contributed by atoms with Gasteiger partial charge < -0.3 is 26.8 Å². The van der Waals surface area contributed by atoms with Gasteiger partial charge in [-0.15, -0.1) is 0 Å². The number of ether oxygens (including phenoxy) is 1. The van der Waals surface area contributed by atoms with Crippen LogP contribution in [-0.2, 0) is 9.53 Å². The van der Waals surface area contributed by atoms with Crippen LogP contribution in [0.2, 0.25) is 0 Å². The zero-order chi connectivity index (χ0) is 33.9. The maximum absolute atomic E-state index is 12.6. The van der Waals surface area contributed by atoms with E-state index >= 15 is 0 Å². The number of fused-ring (bicyclic) bond motifs is 5. The van der Waals surface area contributed by atoms with Gasteiger partial charge in [-0.05, 0) is 163 Å². The third-order valence-corrected chi connectivity index (χ3v) is 13.7. The van der Waals surface area contributed by atoms with E-state index in [0.29, 0.717) is 36.4 Å². The summed E-state index contributed by atoms with van der Waals surface area (Å²) in [6, 6.07) is -0.364. The Bertz CT molecular complexity index is 969. The van der Waals surface area contributed by atoms with Crippen LogP contribution in [0.4, 0.5) is 0 Å². The third-order valence-electron chi connectivity index (χ3n) is 13.7. The standard InChI is InChI=1S/C41H76N4O2/c1-30(2)11-8-12-31(3)35-16-17-36-34-15-14-32-29-33(18-21-40(32,4)37(34)19-22-41(35,36)5)47-28-9-13-39(46)38(43)20-27-45-25-7-6-24-44-26-10-23-42/h14,30-31,33-38,44-45H,6-13,15-29,42-43H2,1-5H3/t31-,33+,34?,35-,36?,37?,38?,40+,41-/m1/s1. The second-order valence-electron chi connectivity index (χ2n) is 17.3. The second-order valence-corrected chi connectivity index (χ2v) is 17.3. The van der Waals surface area contributed by atoms with E-state index in [9.17, 15) is 4.79 Å². The summed E-state index contributed by atoms with van der Waals surface area (Å²) in [7, 11) is 0. The zero-order valence-electron chi connectivity index (χ0n) is 31.4. The first-order valence-corrected chi connectivity index (χ1v) is 20.3. The molecule has 6 heteroatoms. The number of rotatable bonds is 22. The summed E-state index contributed by atoms with van der Waals surface area (Å²) in [6.45, 7) is 17.9. The van der Waals surface area contributed by atoms with Crippen molar-refractivity contribution in [2.45, 2.75) is 156 Å². The lowest BCUT2D eigenvalue weighted by atomic mass is 9.47. The van der Waals surface area contributed by atoms with E-state index < -0.39 is 0 Å². The van der Waals surface area contributed by atoms with Gasteiger partial charge in [0, 0.05) is 13.0 Å². The molecule has 272 valence electrons. The fraction of sp³-hybridized carbons (Fsp3) is 0.927. The summed E-state index contributed by atoms with van der Waals surface area (Å²) in [5.41, 5.74) is 14.4. The molecule has 4 aliphatic rings. The summed E-state index contributed by atoms with van der Waals surface area (Å²) in [5.74, 6) is 5.47.